The van der Waals surface area contributed by atoms with Crippen LogP contribution in [-0.4, -0.2) is 28.1 Å². The Labute approximate surface area is 123 Å². The smallest absolute Gasteiger partial charge is 0.237 e. The van der Waals surface area contributed by atoms with Crippen LogP contribution < -0.4 is 10.1 Å². The molecule has 5 nitrogen and oxygen atoms in total. The highest BCUT2D eigenvalue weighted by Gasteiger charge is 2.06. The SMILES string of the molecule is CCNc1ncc(Cl)c(OCCCc2ccncc2)n1. The van der Waals surface area contributed by atoms with Gasteiger partial charge in [0.1, 0.15) is 5.02 Å². The van der Waals surface area contributed by atoms with Crippen LogP contribution in [0, 0.1) is 0 Å². The first-order chi connectivity index (χ1) is 9.79. The molecule has 0 radical (unpaired) electrons. The molecule has 0 aliphatic heterocycles. The third-order valence-corrected chi connectivity index (χ3v) is 2.90. The van der Waals surface area contributed by atoms with E-state index in [1.54, 1.807) is 18.6 Å². The van der Waals surface area contributed by atoms with Crippen LogP contribution in [0.25, 0.3) is 0 Å². The lowest BCUT2D eigenvalue weighted by molar-refractivity contribution is 0.299. The maximum atomic E-state index is 6.01. The van der Waals surface area contributed by atoms with Crippen LogP contribution in [-0.2, 0) is 6.42 Å². The highest BCUT2D eigenvalue weighted by molar-refractivity contribution is 6.31. The second-order valence-corrected chi connectivity index (χ2v) is 4.59. The molecular formula is C14H17ClN4O. The predicted octanol–water partition coefficient (Wildman–Crippen LogP) is 2.97. The quantitative estimate of drug-likeness (QED) is 0.795. The molecule has 2 heterocycles. The van der Waals surface area contributed by atoms with Crippen LogP contribution in [0.4, 0.5) is 5.95 Å². The van der Waals surface area contributed by atoms with Gasteiger partial charge in [-0.05, 0) is 37.5 Å². The summed E-state index contributed by atoms with van der Waals surface area (Å²) in [5.41, 5.74) is 1.24. The van der Waals surface area contributed by atoms with Crippen molar-refractivity contribution < 1.29 is 4.74 Å². The number of rotatable bonds is 7. The second kappa shape index (κ2) is 7.65. The molecule has 0 aliphatic rings. The average Bonchev–Trinajstić information content (AvgIpc) is 2.48. The van der Waals surface area contributed by atoms with Crippen LogP contribution in [0.15, 0.2) is 30.7 Å². The highest BCUT2D eigenvalue weighted by Crippen LogP contribution is 2.22. The summed E-state index contributed by atoms with van der Waals surface area (Å²) in [6.45, 7) is 3.29. The standard InChI is InChI=1S/C14H17ClN4O/c1-2-17-14-18-10-12(15)13(19-14)20-9-3-4-11-5-7-16-8-6-11/h5-8,10H,2-4,9H2,1H3,(H,17,18,19). The number of ether oxygens (including phenoxy) is 1. The van der Waals surface area contributed by atoms with Gasteiger partial charge in [-0.2, -0.15) is 4.98 Å². The molecule has 2 aromatic heterocycles. The Morgan fingerprint density at radius 1 is 1.30 bits per heavy atom. The lowest BCUT2D eigenvalue weighted by atomic mass is 10.1. The minimum Gasteiger partial charge on any atom is -0.476 e. The van der Waals surface area contributed by atoms with Crippen molar-refractivity contribution in [3.8, 4) is 5.88 Å². The van der Waals surface area contributed by atoms with Crippen molar-refractivity contribution in [1.82, 2.24) is 15.0 Å². The normalized spacial score (nSPS) is 10.3. The van der Waals surface area contributed by atoms with Gasteiger partial charge in [0, 0.05) is 18.9 Å². The summed E-state index contributed by atoms with van der Waals surface area (Å²) in [4.78, 5) is 12.3. The summed E-state index contributed by atoms with van der Waals surface area (Å²) < 4.78 is 5.61. The molecule has 20 heavy (non-hydrogen) atoms. The number of nitrogens with one attached hydrogen (secondary N) is 1. The molecule has 0 atom stereocenters. The molecule has 0 fully saturated rings. The van der Waals surface area contributed by atoms with E-state index in [9.17, 15) is 0 Å². The average molecular weight is 293 g/mol. The van der Waals surface area contributed by atoms with E-state index in [0.717, 1.165) is 19.4 Å². The van der Waals surface area contributed by atoms with Gasteiger partial charge >= 0.3 is 0 Å². The molecule has 0 saturated heterocycles. The van der Waals surface area contributed by atoms with Crippen LogP contribution in [0.3, 0.4) is 0 Å². The van der Waals surface area contributed by atoms with Crippen LogP contribution in [0.2, 0.25) is 5.02 Å². The summed E-state index contributed by atoms with van der Waals surface area (Å²) in [5, 5.41) is 3.45. The summed E-state index contributed by atoms with van der Waals surface area (Å²) >= 11 is 6.01. The molecule has 0 aliphatic carbocycles. The highest BCUT2D eigenvalue weighted by atomic mass is 35.5. The van der Waals surface area contributed by atoms with Gasteiger partial charge in [-0.1, -0.05) is 11.6 Å². The number of pyridine rings is 1. The maximum absolute atomic E-state index is 6.01. The van der Waals surface area contributed by atoms with Crippen molar-refractivity contribution in [1.29, 1.82) is 0 Å². The zero-order valence-electron chi connectivity index (χ0n) is 11.3. The fourth-order valence-corrected chi connectivity index (χ4v) is 1.84. The molecule has 2 rings (SSSR count). The molecule has 106 valence electrons. The third kappa shape index (κ3) is 4.35. The summed E-state index contributed by atoms with van der Waals surface area (Å²) in [5.74, 6) is 0.952. The predicted molar refractivity (Wildman–Crippen MR) is 79.3 cm³/mol. The maximum Gasteiger partial charge on any atom is 0.237 e. The molecular weight excluding hydrogens is 276 g/mol. The molecule has 0 spiro atoms. The number of halogens is 1. The van der Waals surface area contributed by atoms with Crippen molar-refractivity contribution in [2.45, 2.75) is 19.8 Å². The van der Waals surface area contributed by atoms with Gasteiger partial charge in [-0.3, -0.25) is 4.98 Å². The van der Waals surface area contributed by atoms with E-state index in [4.69, 9.17) is 16.3 Å². The minimum atomic E-state index is 0.423. The van der Waals surface area contributed by atoms with E-state index in [1.807, 2.05) is 19.1 Å². The van der Waals surface area contributed by atoms with Gasteiger partial charge in [0.25, 0.3) is 0 Å². The Balaban J connectivity index is 1.83. The number of anilines is 1. The number of aryl methyl sites for hydroxylation is 1. The summed E-state index contributed by atoms with van der Waals surface area (Å²) in [6.07, 6.45) is 6.96. The fourth-order valence-electron chi connectivity index (χ4n) is 1.69. The zero-order valence-corrected chi connectivity index (χ0v) is 12.1. The van der Waals surface area contributed by atoms with E-state index in [-0.39, 0.29) is 0 Å². The van der Waals surface area contributed by atoms with Crippen molar-refractivity contribution >= 4 is 17.5 Å². The van der Waals surface area contributed by atoms with Crippen molar-refractivity contribution in [3.63, 3.8) is 0 Å². The van der Waals surface area contributed by atoms with Crippen LogP contribution in [0.1, 0.15) is 18.9 Å². The van der Waals surface area contributed by atoms with Gasteiger partial charge in [0.2, 0.25) is 11.8 Å². The minimum absolute atomic E-state index is 0.423. The molecule has 1 N–H and O–H groups in total. The van der Waals surface area contributed by atoms with Crippen molar-refractivity contribution in [2.75, 3.05) is 18.5 Å². The number of hydrogen-bond acceptors (Lipinski definition) is 5. The molecule has 2 aromatic rings. The van der Waals surface area contributed by atoms with E-state index >= 15 is 0 Å². The number of hydrogen-bond donors (Lipinski definition) is 1. The zero-order chi connectivity index (χ0) is 14.2. The molecule has 0 saturated carbocycles. The Morgan fingerprint density at radius 2 is 2.10 bits per heavy atom. The summed E-state index contributed by atoms with van der Waals surface area (Å²) in [7, 11) is 0. The Hall–Kier alpha value is -1.88. The first-order valence-corrected chi connectivity index (χ1v) is 6.95. The van der Waals surface area contributed by atoms with Gasteiger partial charge in [-0.25, -0.2) is 4.98 Å². The number of nitrogens with zero attached hydrogens (tertiary/aromatic N) is 3. The van der Waals surface area contributed by atoms with E-state index in [0.29, 0.717) is 23.5 Å². The van der Waals surface area contributed by atoms with E-state index < -0.39 is 0 Å². The Bertz CT molecular complexity index is 536. The molecule has 0 bridgehead atoms. The van der Waals surface area contributed by atoms with E-state index in [2.05, 4.69) is 20.3 Å². The topological polar surface area (TPSA) is 59.9 Å². The molecule has 6 heteroatoms. The van der Waals surface area contributed by atoms with E-state index in [1.165, 1.54) is 5.56 Å². The molecule has 0 unspecified atom stereocenters. The first kappa shape index (κ1) is 14.5. The van der Waals surface area contributed by atoms with Crippen LogP contribution in [0.5, 0.6) is 5.88 Å². The molecule has 0 aromatic carbocycles. The Kier molecular flexibility index (Phi) is 5.55. The second-order valence-electron chi connectivity index (χ2n) is 4.18. The molecule has 0 amide bonds. The van der Waals surface area contributed by atoms with Gasteiger partial charge < -0.3 is 10.1 Å². The third-order valence-electron chi connectivity index (χ3n) is 2.64. The van der Waals surface area contributed by atoms with Gasteiger partial charge in [-0.15, -0.1) is 0 Å². The van der Waals surface area contributed by atoms with Gasteiger partial charge in [0.15, 0.2) is 0 Å². The Morgan fingerprint density at radius 3 is 2.85 bits per heavy atom. The largest absolute Gasteiger partial charge is 0.476 e. The number of aromatic nitrogens is 3. The summed E-state index contributed by atoms with van der Waals surface area (Å²) in [6, 6.07) is 4.00. The monoisotopic (exact) mass is 292 g/mol. The van der Waals surface area contributed by atoms with Crippen molar-refractivity contribution in [2.24, 2.45) is 0 Å². The van der Waals surface area contributed by atoms with Gasteiger partial charge in [0.05, 0.1) is 12.8 Å². The van der Waals surface area contributed by atoms with Crippen LogP contribution >= 0.6 is 11.6 Å². The first-order valence-electron chi connectivity index (χ1n) is 6.57. The van der Waals surface area contributed by atoms with Crippen molar-refractivity contribution in [3.05, 3.63) is 41.3 Å². The lowest BCUT2D eigenvalue weighted by Crippen LogP contribution is -2.06. The lowest BCUT2D eigenvalue weighted by Gasteiger charge is -2.08. The fraction of sp³-hybridized carbons (Fsp3) is 0.357.